The van der Waals surface area contributed by atoms with Gasteiger partial charge in [0.2, 0.25) is 5.91 Å². The standard InChI is InChI=1S/C15H27NO3/c1-11-8-13(10-18-3)9-16(11)15(17)12(2)14-4-6-19-7-5-14/h11-14H,4-10H2,1-3H3. The first kappa shape index (κ1) is 14.8. The minimum atomic E-state index is 0.132. The number of hydrogen-bond acceptors (Lipinski definition) is 3. The molecule has 0 saturated carbocycles. The Kier molecular flexibility index (Phi) is 5.22. The molecule has 2 aliphatic heterocycles. The summed E-state index contributed by atoms with van der Waals surface area (Å²) >= 11 is 0. The van der Waals surface area contributed by atoms with Crippen molar-refractivity contribution in [1.82, 2.24) is 4.90 Å². The van der Waals surface area contributed by atoms with Gasteiger partial charge in [-0.15, -0.1) is 0 Å². The van der Waals surface area contributed by atoms with Gasteiger partial charge in [0.05, 0.1) is 6.61 Å². The molecule has 2 heterocycles. The molecule has 19 heavy (non-hydrogen) atoms. The van der Waals surface area contributed by atoms with E-state index in [1.54, 1.807) is 7.11 Å². The number of likely N-dealkylation sites (tertiary alicyclic amines) is 1. The molecule has 1 amide bonds. The molecule has 2 aliphatic rings. The van der Waals surface area contributed by atoms with Crippen LogP contribution in [0.25, 0.3) is 0 Å². The lowest BCUT2D eigenvalue weighted by Gasteiger charge is -2.31. The van der Waals surface area contributed by atoms with E-state index in [-0.39, 0.29) is 5.92 Å². The van der Waals surface area contributed by atoms with Crippen molar-refractivity contribution in [3.63, 3.8) is 0 Å². The van der Waals surface area contributed by atoms with Gasteiger partial charge in [0.1, 0.15) is 0 Å². The van der Waals surface area contributed by atoms with Gasteiger partial charge < -0.3 is 14.4 Å². The molecule has 4 nitrogen and oxygen atoms in total. The molecule has 3 atom stereocenters. The maximum absolute atomic E-state index is 12.6. The van der Waals surface area contributed by atoms with Gasteiger partial charge in [0, 0.05) is 44.7 Å². The average Bonchev–Trinajstić information content (AvgIpc) is 2.79. The Hall–Kier alpha value is -0.610. The summed E-state index contributed by atoms with van der Waals surface area (Å²) in [5.41, 5.74) is 0. The molecule has 0 aromatic heterocycles. The summed E-state index contributed by atoms with van der Waals surface area (Å²) in [4.78, 5) is 14.7. The van der Waals surface area contributed by atoms with Gasteiger partial charge in [-0.05, 0) is 32.1 Å². The van der Waals surface area contributed by atoms with Crippen molar-refractivity contribution in [2.75, 3.05) is 33.5 Å². The van der Waals surface area contributed by atoms with Crippen LogP contribution in [0.5, 0.6) is 0 Å². The van der Waals surface area contributed by atoms with Gasteiger partial charge >= 0.3 is 0 Å². The van der Waals surface area contributed by atoms with E-state index >= 15 is 0 Å². The molecule has 0 aliphatic carbocycles. The molecular formula is C15H27NO3. The number of carbonyl (C=O) groups excluding carboxylic acids is 1. The summed E-state index contributed by atoms with van der Waals surface area (Å²) < 4.78 is 10.6. The average molecular weight is 269 g/mol. The van der Waals surface area contributed by atoms with E-state index in [2.05, 4.69) is 18.7 Å². The van der Waals surface area contributed by atoms with Crippen LogP contribution in [0.4, 0.5) is 0 Å². The van der Waals surface area contributed by atoms with Crippen LogP contribution in [0.15, 0.2) is 0 Å². The summed E-state index contributed by atoms with van der Waals surface area (Å²) in [5, 5.41) is 0. The van der Waals surface area contributed by atoms with E-state index in [9.17, 15) is 4.79 Å². The molecule has 2 saturated heterocycles. The highest BCUT2D eigenvalue weighted by Gasteiger charge is 2.36. The van der Waals surface area contributed by atoms with E-state index in [1.165, 1.54) is 0 Å². The van der Waals surface area contributed by atoms with Gasteiger partial charge in [0.25, 0.3) is 0 Å². The Morgan fingerprint density at radius 3 is 2.74 bits per heavy atom. The first-order valence-corrected chi connectivity index (χ1v) is 7.50. The molecule has 110 valence electrons. The number of rotatable bonds is 4. The molecule has 0 aromatic rings. The largest absolute Gasteiger partial charge is 0.384 e. The lowest BCUT2D eigenvalue weighted by molar-refractivity contribution is -0.138. The van der Waals surface area contributed by atoms with Crippen molar-refractivity contribution in [2.24, 2.45) is 17.8 Å². The van der Waals surface area contributed by atoms with Crippen LogP contribution in [-0.2, 0) is 14.3 Å². The molecule has 3 unspecified atom stereocenters. The molecular weight excluding hydrogens is 242 g/mol. The number of hydrogen-bond donors (Lipinski definition) is 0. The van der Waals surface area contributed by atoms with Gasteiger partial charge in [-0.1, -0.05) is 6.92 Å². The van der Waals surface area contributed by atoms with Gasteiger partial charge in [0.15, 0.2) is 0 Å². The van der Waals surface area contributed by atoms with E-state index in [1.807, 2.05) is 0 Å². The quantitative estimate of drug-likeness (QED) is 0.783. The zero-order valence-corrected chi connectivity index (χ0v) is 12.4. The van der Waals surface area contributed by atoms with Crippen LogP contribution in [0.2, 0.25) is 0 Å². The molecule has 2 rings (SSSR count). The molecule has 0 bridgehead atoms. The zero-order chi connectivity index (χ0) is 13.8. The lowest BCUT2D eigenvalue weighted by Crippen LogP contribution is -2.41. The van der Waals surface area contributed by atoms with E-state index < -0.39 is 0 Å². The van der Waals surface area contributed by atoms with Crippen molar-refractivity contribution in [1.29, 1.82) is 0 Å². The molecule has 0 aromatic carbocycles. The Balaban J connectivity index is 1.91. The number of carbonyl (C=O) groups is 1. The highest BCUT2D eigenvalue weighted by atomic mass is 16.5. The van der Waals surface area contributed by atoms with Crippen LogP contribution in [0, 0.1) is 17.8 Å². The Morgan fingerprint density at radius 1 is 1.42 bits per heavy atom. The normalized spacial score (nSPS) is 30.6. The lowest BCUT2D eigenvalue weighted by atomic mass is 9.86. The van der Waals surface area contributed by atoms with Crippen LogP contribution in [0.3, 0.4) is 0 Å². The van der Waals surface area contributed by atoms with Crippen LogP contribution in [-0.4, -0.2) is 50.3 Å². The number of ether oxygens (including phenoxy) is 2. The third-order valence-corrected chi connectivity index (χ3v) is 4.71. The predicted octanol–water partition coefficient (Wildman–Crippen LogP) is 1.93. The minimum absolute atomic E-state index is 0.132. The summed E-state index contributed by atoms with van der Waals surface area (Å²) in [6.45, 7) is 7.49. The number of methoxy groups -OCH3 is 1. The molecule has 0 radical (unpaired) electrons. The summed E-state index contributed by atoms with van der Waals surface area (Å²) in [6, 6.07) is 0.356. The molecule has 0 spiro atoms. The second kappa shape index (κ2) is 6.71. The summed E-state index contributed by atoms with van der Waals surface area (Å²) in [5.74, 6) is 1.46. The summed E-state index contributed by atoms with van der Waals surface area (Å²) in [6.07, 6.45) is 3.12. The first-order chi connectivity index (χ1) is 9.13. The van der Waals surface area contributed by atoms with Gasteiger partial charge in [-0.25, -0.2) is 0 Å². The van der Waals surface area contributed by atoms with Crippen molar-refractivity contribution < 1.29 is 14.3 Å². The van der Waals surface area contributed by atoms with Crippen LogP contribution >= 0.6 is 0 Å². The number of amides is 1. The van der Waals surface area contributed by atoms with Gasteiger partial charge in [-0.2, -0.15) is 0 Å². The molecule has 4 heteroatoms. The number of nitrogens with zero attached hydrogens (tertiary/aromatic N) is 1. The highest BCUT2D eigenvalue weighted by molar-refractivity contribution is 5.79. The van der Waals surface area contributed by atoms with Crippen molar-refractivity contribution in [3.05, 3.63) is 0 Å². The fourth-order valence-electron chi connectivity index (χ4n) is 3.48. The van der Waals surface area contributed by atoms with Gasteiger partial charge in [-0.3, -0.25) is 4.79 Å². The maximum atomic E-state index is 12.6. The topological polar surface area (TPSA) is 38.8 Å². The van der Waals surface area contributed by atoms with Crippen molar-refractivity contribution in [3.8, 4) is 0 Å². The van der Waals surface area contributed by atoms with Crippen LogP contribution in [0.1, 0.15) is 33.1 Å². The monoisotopic (exact) mass is 269 g/mol. The van der Waals surface area contributed by atoms with E-state index in [0.29, 0.717) is 23.8 Å². The Morgan fingerprint density at radius 2 is 2.11 bits per heavy atom. The second-order valence-corrected chi connectivity index (χ2v) is 6.14. The van der Waals surface area contributed by atoms with Crippen molar-refractivity contribution >= 4 is 5.91 Å². The Labute approximate surface area is 116 Å². The zero-order valence-electron chi connectivity index (χ0n) is 12.4. The van der Waals surface area contributed by atoms with E-state index in [4.69, 9.17) is 9.47 Å². The smallest absolute Gasteiger partial charge is 0.225 e. The predicted molar refractivity (Wildman–Crippen MR) is 73.9 cm³/mol. The third kappa shape index (κ3) is 3.48. The second-order valence-electron chi connectivity index (χ2n) is 6.14. The third-order valence-electron chi connectivity index (χ3n) is 4.71. The van der Waals surface area contributed by atoms with Crippen LogP contribution < -0.4 is 0 Å². The molecule has 2 fully saturated rings. The molecule has 0 N–H and O–H groups in total. The fourth-order valence-corrected chi connectivity index (χ4v) is 3.48. The highest BCUT2D eigenvalue weighted by Crippen LogP contribution is 2.30. The minimum Gasteiger partial charge on any atom is -0.384 e. The van der Waals surface area contributed by atoms with E-state index in [0.717, 1.165) is 45.6 Å². The SMILES string of the molecule is COCC1CC(C)N(C(=O)C(C)C2CCOCC2)C1. The fraction of sp³-hybridized carbons (Fsp3) is 0.933. The summed E-state index contributed by atoms with van der Waals surface area (Å²) in [7, 11) is 1.74. The Bertz CT molecular complexity index is 302. The first-order valence-electron chi connectivity index (χ1n) is 7.50. The maximum Gasteiger partial charge on any atom is 0.225 e. The van der Waals surface area contributed by atoms with Crippen molar-refractivity contribution in [2.45, 2.75) is 39.2 Å².